The maximum absolute atomic E-state index is 13.0. The Morgan fingerprint density at radius 1 is 1.36 bits per heavy atom. The van der Waals surface area contributed by atoms with Gasteiger partial charge in [0, 0.05) is 12.5 Å². The number of rotatable bonds is 4. The first-order chi connectivity index (χ1) is 10.6. The fourth-order valence-corrected chi connectivity index (χ4v) is 4.06. The number of amides is 1. The van der Waals surface area contributed by atoms with Gasteiger partial charge in [-0.1, -0.05) is 19.8 Å². The standard InChI is InChI=1S/C17H23NO4/c1-2-5-15-12(8-9-22-15)16(19)18-13-7-4-3-6-11(13)10-14(18)17(20)21/h8-9,11,13-14H,2-7,10H2,1H3,(H,20,21). The molecular weight excluding hydrogens is 282 g/mol. The van der Waals surface area contributed by atoms with Gasteiger partial charge in [0.2, 0.25) is 0 Å². The molecule has 1 amide bonds. The second kappa shape index (κ2) is 6.15. The molecule has 1 aliphatic heterocycles. The summed E-state index contributed by atoms with van der Waals surface area (Å²) in [7, 11) is 0. The van der Waals surface area contributed by atoms with Gasteiger partial charge in [-0.25, -0.2) is 4.79 Å². The molecule has 1 aromatic rings. The van der Waals surface area contributed by atoms with Gasteiger partial charge in [-0.2, -0.15) is 0 Å². The molecule has 5 nitrogen and oxygen atoms in total. The van der Waals surface area contributed by atoms with Gasteiger partial charge in [0.25, 0.3) is 5.91 Å². The van der Waals surface area contributed by atoms with Crippen LogP contribution in [-0.2, 0) is 11.2 Å². The predicted octanol–water partition coefficient (Wildman–Crippen LogP) is 3.09. The molecule has 3 unspecified atom stereocenters. The van der Waals surface area contributed by atoms with Gasteiger partial charge in [-0.3, -0.25) is 4.79 Å². The van der Waals surface area contributed by atoms with E-state index in [1.807, 2.05) is 6.92 Å². The van der Waals surface area contributed by atoms with E-state index < -0.39 is 12.0 Å². The van der Waals surface area contributed by atoms with Crippen molar-refractivity contribution < 1.29 is 19.1 Å². The quantitative estimate of drug-likeness (QED) is 0.928. The molecule has 1 saturated heterocycles. The fraction of sp³-hybridized carbons (Fsp3) is 0.647. The van der Waals surface area contributed by atoms with Crippen molar-refractivity contribution in [3.8, 4) is 0 Å². The minimum atomic E-state index is -0.886. The Bertz CT molecular complexity index is 565. The largest absolute Gasteiger partial charge is 0.480 e. The van der Waals surface area contributed by atoms with Gasteiger partial charge < -0.3 is 14.4 Å². The third kappa shape index (κ3) is 2.53. The number of likely N-dealkylation sites (tertiary alicyclic amines) is 1. The molecule has 5 heteroatoms. The molecule has 22 heavy (non-hydrogen) atoms. The fourth-order valence-electron chi connectivity index (χ4n) is 4.06. The van der Waals surface area contributed by atoms with Crippen LogP contribution in [-0.4, -0.2) is 34.0 Å². The SMILES string of the molecule is CCCc1occc1C(=O)N1C(C(=O)O)CC2CCCCC21. The van der Waals surface area contributed by atoms with E-state index in [0.29, 0.717) is 30.1 Å². The molecule has 1 N–H and O–H groups in total. The molecular formula is C17H23NO4. The Morgan fingerprint density at radius 2 is 2.14 bits per heavy atom. The lowest BCUT2D eigenvalue weighted by atomic mass is 9.84. The van der Waals surface area contributed by atoms with E-state index >= 15 is 0 Å². The Hall–Kier alpha value is -1.78. The Kier molecular flexibility index (Phi) is 4.23. The highest BCUT2D eigenvalue weighted by Crippen LogP contribution is 2.40. The lowest BCUT2D eigenvalue weighted by Crippen LogP contribution is -2.46. The maximum Gasteiger partial charge on any atom is 0.326 e. The summed E-state index contributed by atoms with van der Waals surface area (Å²) in [5.41, 5.74) is 0.541. The van der Waals surface area contributed by atoms with Crippen LogP contribution in [0.1, 0.15) is 61.6 Å². The maximum atomic E-state index is 13.0. The van der Waals surface area contributed by atoms with Gasteiger partial charge in [0.05, 0.1) is 11.8 Å². The second-order valence-electron chi connectivity index (χ2n) is 6.42. The number of carboxylic acids is 1. The van der Waals surface area contributed by atoms with Crippen LogP contribution >= 0.6 is 0 Å². The van der Waals surface area contributed by atoms with Crippen molar-refractivity contribution in [1.82, 2.24) is 4.90 Å². The highest BCUT2D eigenvalue weighted by Gasteiger charge is 2.48. The van der Waals surface area contributed by atoms with Gasteiger partial charge in [-0.05, 0) is 37.7 Å². The normalized spacial score (nSPS) is 27.7. The Labute approximate surface area is 130 Å². The van der Waals surface area contributed by atoms with Crippen LogP contribution in [0.4, 0.5) is 0 Å². The van der Waals surface area contributed by atoms with Crippen molar-refractivity contribution in [3.05, 3.63) is 23.7 Å². The van der Waals surface area contributed by atoms with Gasteiger partial charge in [0.15, 0.2) is 0 Å². The number of carbonyl (C=O) groups is 2. The van der Waals surface area contributed by atoms with Crippen molar-refractivity contribution in [1.29, 1.82) is 0 Å². The number of nitrogens with zero attached hydrogens (tertiary/aromatic N) is 1. The predicted molar refractivity (Wildman–Crippen MR) is 80.7 cm³/mol. The van der Waals surface area contributed by atoms with Crippen LogP contribution in [0.3, 0.4) is 0 Å². The summed E-state index contributed by atoms with van der Waals surface area (Å²) in [6.07, 6.45) is 7.88. The van der Waals surface area contributed by atoms with Crippen molar-refractivity contribution in [3.63, 3.8) is 0 Å². The van der Waals surface area contributed by atoms with E-state index in [1.165, 1.54) is 6.26 Å². The third-order valence-electron chi connectivity index (χ3n) is 5.06. The third-order valence-corrected chi connectivity index (χ3v) is 5.06. The monoisotopic (exact) mass is 305 g/mol. The van der Waals surface area contributed by atoms with Crippen molar-refractivity contribution in [2.24, 2.45) is 5.92 Å². The van der Waals surface area contributed by atoms with E-state index in [0.717, 1.165) is 32.1 Å². The zero-order valence-electron chi connectivity index (χ0n) is 13.0. The molecule has 0 radical (unpaired) electrons. The number of aliphatic carboxylic acids is 1. The molecule has 120 valence electrons. The van der Waals surface area contributed by atoms with E-state index in [9.17, 15) is 14.7 Å². The minimum Gasteiger partial charge on any atom is -0.480 e. The van der Waals surface area contributed by atoms with Crippen LogP contribution in [0.25, 0.3) is 0 Å². The zero-order chi connectivity index (χ0) is 15.7. The number of fused-ring (bicyclic) bond motifs is 1. The van der Waals surface area contributed by atoms with E-state index in [4.69, 9.17) is 4.42 Å². The number of carboxylic acid groups (broad SMARTS) is 1. The van der Waals surface area contributed by atoms with Crippen LogP contribution in [0.5, 0.6) is 0 Å². The van der Waals surface area contributed by atoms with E-state index in [-0.39, 0.29) is 11.9 Å². The van der Waals surface area contributed by atoms with E-state index in [2.05, 4.69) is 0 Å². The average Bonchev–Trinajstić information content (AvgIpc) is 3.11. The summed E-state index contributed by atoms with van der Waals surface area (Å²) in [5.74, 6) is -0.0430. The van der Waals surface area contributed by atoms with Gasteiger partial charge in [0.1, 0.15) is 11.8 Å². The van der Waals surface area contributed by atoms with Crippen molar-refractivity contribution in [2.75, 3.05) is 0 Å². The average molecular weight is 305 g/mol. The Morgan fingerprint density at radius 3 is 2.86 bits per heavy atom. The molecule has 2 aliphatic rings. The molecule has 1 aliphatic carbocycles. The number of carbonyl (C=O) groups excluding carboxylic acids is 1. The van der Waals surface area contributed by atoms with Gasteiger partial charge in [-0.15, -0.1) is 0 Å². The molecule has 3 rings (SSSR count). The number of hydrogen-bond donors (Lipinski definition) is 1. The first-order valence-corrected chi connectivity index (χ1v) is 8.25. The highest BCUT2D eigenvalue weighted by molar-refractivity contribution is 5.98. The van der Waals surface area contributed by atoms with Crippen LogP contribution in [0.2, 0.25) is 0 Å². The van der Waals surface area contributed by atoms with Crippen LogP contribution < -0.4 is 0 Å². The molecule has 1 saturated carbocycles. The molecule has 3 atom stereocenters. The van der Waals surface area contributed by atoms with Crippen LogP contribution in [0.15, 0.2) is 16.7 Å². The summed E-state index contributed by atoms with van der Waals surface area (Å²) in [5, 5.41) is 9.53. The summed E-state index contributed by atoms with van der Waals surface area (Å²) < 4.78 is 5.42. The van der Waals surface area contributed by atoms with Crippen LogP contribution in [0, 0.1) is 5.92 Å². The molecule has 1 aromatic heterocycles. The second-order valence-corrected chi connectivity index (χ2v) is 6.42. The first kappa shape index (κ1) is 15.1. The molecule has 0 spiro atoms. The topological polar surface area (TPSA) is 70.8 Å². The molecule has 2 heterocycles. The first-order valence-electron chi connectivity index (χ1n) is 8.25. The molecule has 0 aromatic carbocycles. The smallest absolute Gasteiger partial charge is 0.326 e. The Balaban J connectivity index is 1.90. The zero-order valence-corrected chi connectivity index (χ0v) is 13.0. The molecule has 0 bridgehead atoms. The molecule has 2 fully saturated rings. The van der Waals surface area contributed by atoms with Crippen molar-refractivity contribution >= 4 is 11.9 Å². The summed E-state index contributed by atoms with van der Waals surface area (Å²) >= 11 is 0. The summed E-state index contributed by atoms with van der Waals surface area (Å²) in [4.78, 5) is 26.2. The lowest BCUT2D eigenvalue weighted by Gasteiger charge is -2.33. The summed E-state index contributed by atoms with van der Waals surface area (Å²) in [6, 6.07) is 1.07. The summed E-state index contributed by atoms with van der Waals surface area (Å²) in [6.45, 7) is 2.03. The van der Waals surface area contributed by atoms with Gasteiger partial charge >= 0.3 is 5.97 Å². The highest BCUT2D eigenvalue weighted by atomic mass is 16.4. The number of furan rings is 1. The minimum absolute atomic E-state index is 0.0757. The lowest BCUT2D eigenvalue weighted by molar-refractivity contribution is -0.141. The number of aryl methyl sites for hydroxylation is 1. The number of hydrogen-bond acceptors (Lipinski definition) is 3. The van der Waals surface area contributed by atoms with Crippen molar-refractivity contribution in [2.45, 2.75) is 64.0 Å². The van der Waals surface area contributed by atoms with E-state index in [1.54, 1.807) is 11.0 Å².